The smallest absolute Gasteiger partial charge is 0.354 e. The molecule has 1 radical (unpaired) electrons. The Balaban J connectivity index is 0.000000217. The minimum Gasteiger partial charge on any atom is -0.477 e. The van der Waals surface area contributed by atoms with Crippen LogP contribution in [0, 0.1) is 6.07 Å². The van der Waals surface area contributed by atoms with Gasteiger partial charge in [-0.2, -0.15) is 11.3 Å². The van der Waals surface area contributed by atoms with Gasteiger partial charge in [0, 0.05) is 36.4 Å². The van der Waals surface area contributed by atoms with Crippen LogP contribution >= 0.6 is 11.3 Å². The first-order valence-corrected chi connectivity index (χ1v) is 11.6. The average Bonchev–Trinajstić information content (AvgIpc) is 3.47. The van der Waals surface area contributed by atoms with E-state index in [1.54, 1.807) is 12.1 Å². The number of carbonyl (C=O) groups is 1. The Kier molecular flexibility index (Phi) is 6.27. The molecule has 0 atom stereocenters. The van der Waals surface area contributed by atoms with Crippen LogP contribution in [0.15, 0.2) is 85.1 Å². The van der Waals surface area contributed by atoms with E-state index in [9.17, 15) is 4.79 Å². The third-order valence-corrected chi connectivity index (χ3v) is 6.94. The molecular formula is C29H17IrN2O2S-. The Hall–Kier alpha value is -3.70. The van der Waals surface area contributed by atoms with Gasteiger partial charge in [0.15, 0.2) is 0 Å². The largest absolute Gasteiger partial charge is 0.477 e. The van der Waals surface area contributed by atoms with Gasteiger partial charge in [0.05, 0.1) is 5.52 Å². The third-order valence-electron chi connectivity index (χ3n) is 5.81. The van der Waals surface area contributed by atoms with Crippen molar-refractivity contribution < 1.29 is 30.0 Å². The zero-order valence-corrected chi connectivity index (χ0v) is 21.4. The van der Waals surface area contributed by atoms with Crippen LogP contribution in [-0.4, -0.2) is 21.0 Å². The number of hydrogen-bond acceptors (Lipinski definition) is 4. The van der Waals surface area contributed by atoms with Gasteiger partial charge in [-0.25, -0.2) is 9.78 Å². The van der Waals surface area contributed by atoms with Gasteiger partial charge in [-0.05, 0) is 51.2 Å². The predicted molar refractivity (Wildman–Crippen MR) is 139 cm³/mol. The SMILES string of the molecule is O=C(O)c1ccccn1.[Ir].[c-]1cc2c(cc1-c1cc3c4c(cccc4n1)C=C3)sc1ccccc12. The van der Waals surface area contributed by atoms with E-state index in [0.717, 1.165) is 16.8 Å². The molecule has 0 saturated heterocycles. The van der Waals surface area contributed by atoms with Crippen molar-refractivity contribution in [1.29, 1.82) is 0 Å². The first-order chi connectivity index (χ1) is 16.7. The normalized spacial score (nSPS) is 11.3. The molecule has 1 N–H and O–H groups in total. The van der Waals surface area contributed by atoms with Crippen LogP contribution in [0.25, 0.3) is 54.5 Å². The van der Waals surface area contributed by atoms with Crippen molar-refractivity contribution in [3.8, 4) is 11.3 Å². The minimum atomic E-state index is -0.990. The Labute approximate surface area is 219 Å². The second-order valence-electron chi connectivity index (χ2n) is 7.91. The Morgan fingerprint density at radius 1 is 0.857 bits per heavy atom. The zero-order chi connectivity index (χ0) is 23.1. The number of nitrogens with zero attached hydrogens (tertiary/aromatic N) is 2. The van der Waals surface area contributed by atoms with E-state index in [1.807, 2.05) is 11.3 Å². The molecule has 1 aliphatic carbocycles. The number of carboxylic acids is 1. The molecule has 6 aromatic rings. The van der Waals surface area contributed by atoms with Crippen LogP contribution < -0.4 is 0 Å². The number of hydrogen-bond donors (Lipinski definition) is 1. The first kappa shape index (κ1) is 23.1. The summed E-state index contributed by atoms with van der Waals surface area (Å²) in [5.41, 5.74) is 5.70. The molecule has 1 aliphatic rings. The van der Waals surface area contributed by atoms with Crippen molar-refractivity contribution in [1.82, 2.24) is 9.97 Å². The Morgan fingerprint density at radius 3 is 2.49 bits per heavy atom. The van der Waals surface area contributed by atoms with Gasteiger partial charge in [0.1, 0.15) is 5.69 Å². The summed E-state index contributed by atoms with van der Waals surface area (Å²) < 4.78 is 2.61. The molecular weight excluding hydrogens is 633 g/mol. The maximum absolute atomic E-state index is 10.1. The first-order valence-electron chi connectivity index (χ1n) is 10.8. The van der Waals surface area contributed by atoms with Crippen molar-refractivity contribution in [2.75, 3.05) is 0 Å². The van der Waals surface area contributed by atoms with Crippen LogP contribution in [0.2, 0.25) is 0 Å². The number of rotatable bonds is 2. The number of fused-ring (bicyclic) bond motifs is 3. The molecule has 0 saturated carbocycles. The number of aromatic nitrogens is 2. The van der Waals surface area contributed by atoms with E-state index in [1.165, 1.54) is 48.9 Å². The standard InChI is InChI=1S/C23H12NS.C6H5NO2.Ir/c1-2-7-21-17(5-1)18-11-10-15(13-22(18)25-21)20-12-16-9-8-14-4-3-6-19(24-20)23(14)16;8-6(9)5-3-1-2-4-7-5;/h1-9,11-13H;1-4H,(H,8,9);/q-1;;. The summed E-state index contributed by atoms with van der Waals surface area (Å²) in [6, 6.07) is 29.6. The average molecular weight is 650 g/mol. The summed E-state index contributed by atoms with van der Waals surface area (Å²) in [6.45, 7) is 0. The summed E-state index contributed by atoms with van der Waals surface area (Å²) in [5.74, 6) is -0.990. The van der Waals surface area contributed by atoms with Gasteiger partial charge in [-0.1, -0.05) is 60.0 Å². The van der Waals surface area contributed by atoms with Crippen LogP contribution in [0.5, 0.6) is 0 Å². The van der Waals surface area contributed by atoms with E-state index in [2.05, 4.69) is 83.9 Å². The molecule has 35 heavy (non-hydrogen) atoms. The topological polar surface area (TPSA) is 63.1 Å². The molecule has 171 valence electrons. The molecule has 0 unspecified atom stereocenters. The summed E-state index contributed by atoms with van der Waals surface area (Å²) in [6.07, 6.45) is 5.80. The summed E-state index contributed by atoms with van der Waals surface area (Å²) in [4.78, 5) is 18.6. The van der Waals surface area contributed by atoms with Crippen molar-refractivity contribution in [3.63, 3.8) is 0 Å². The van der Waals surface area contributed by atoms with Gasteiger partial charge in [-0.3, -0.25) is 4.98 Å². The molecule has 3 aromatic carbocycles. The van der Waals surface area contributed by atoms with Crippen molar-refractivity contribution in [2.45, 2.75) is 0 Å². The second kappa shape index (κ2) is 9.51. The molecule has 7 rings (SSSR count). The van der Waals surface area contributed by atoms with Gasteiger partial charge in [0.2, 0.25) is 0 Å². The van der Waals surface area contributed by atoms with Gasteiger partial charge >= 0.3 is 5.97 Å². The fourth-order valence-electron chi connectivity index (χ4n) is 4.23. The Morgan fingerprint density at radius 2 is 1.69 bits per heavy atom. The Bertz CT molecular complexity index is 1740. The third kappa shape index (κ3) is 4.28. The maximum atomic E-state index is 10.1. The van der Waals surface area contributed by atoms with Gasteiger partial charge in [-0.15, -0.1) is 23.8 Å². The number of pyridine rings is 2. The summed E-state index contributed by atoms with van der Waals surface area (Å²) >= 11 is 1.83. The van der Waals surface area contributed by atoms with Gasteiger partial charge in [0.25, 0.3) is 0 Å². The number of thiophene rings is 1. The fraction of sp³-hybridized carbons (Fsp3) is 0. The molecule has 0 spiro atoms. The molecule has 0 fully saturated rings. The molecule has 0 aliphatic heterocycles. The van der Waals surface area contributed by atoms with Crippen molar-refractivity contribution >= 4 is 60.5 Å². The van der Waals surface area contributed by atoms with E-state index in [4.69, 9.17) is 10.1 Å². The quantitative estimate of drug-likeness (QED) is 0.199. The van der Waals surface area contributed by atoms with Crippen molar-refractivity contribution in [3.05, 3.63) is 108 Å². The van der Waals surface area contributed by atoms with E-state index < -0.39 is 5.97 Å². The second-order valence-corrected chi connectivity index (χ2v) is 9.00. The molecule has 3 aromatic heterocycles. The van der Waals surface area contributed by atoms with Crippen molar-refractivity contribution in [2.24, 2.45) is 0 Å². The zero-order valence-electron chi connectivity index (χ0n) is 18.2. The van der Waals surface area contributed by atoms with E-state index >= 15 is 0 Å². The molecule has 0 amide bonds. The number of aromatic carboxylic acids is 1. The molecule has 3 heterocycles. The summed E-state index contributed by atoms with van der Waals surface area (Å²) in [5, 5.41) is 12.2. The molecule has 0 bridgehead atoms. The van der Waals surface area contributed by atoms with Crippen LogP contribution in [0.3, 0.4) is 0 Å². The molecule has 4 nitrogen and oxygen atoms in total. The van der Waals surface area contributed by atoms with Crippen LogP contribution in [0.4, 0.5) is 0 Å². The van der Waals surface area contributed by atoms with E-state index in [0.29, 0.717) is 0 Å². The number of benzene rings is 3. The minimum absolute atomic E-state index is 0. The van der Waals surface area contributed by atoms with Crippen LogP contribution in [0.1, 0.15) is 21.6 Å². The summed E-state index contributed by atoms with van der Waals surface area (Å²) in [7, 11) is 0. The number of carboxylic acid groups (broad SMARTS) is 1. The van der Waals surface area contributed by atoms with Gasteiger partial charge < -0.3 is 5.11 Å². The monoisotopic (exact) mass is 650 g/mol. The fourth-order valence-corrected chi connectivity index (χ4v) is 5.36. The molecule has 6 heteroatoms. The van der Waals surface area contributed by atoms with E-state index in [-0.39, 0.29) is 25.8 Å². The predicted octanol–water partition coefficient (Wildman–Crippen LogP) is 7.33. The van der Waals surface area contributed by atoms with Crippen LogP contribution in [-0.2, 0) is 20.1 Å². The maximum Gasteiger partial charge on any atom is 0.354 e.